The average molecular weight is 263 g/mol. The molecule has 1 aromatic carbocycles. The van der Waals surface area contributed by atoms with Crippen molar-refractivity contribution in [1.29, 1.82) is 0 Å². The van der Waals surface area contributed by atoms with Gasteiger partial charge in [-0.25, -0.2) is 4.65 Å². The smallest absolute Gasteiger partial charge is 0.521 e. The van der Waals surface area contributed by atoms with Crippen molar-refractivity contribution in [2.24, 2.45) is 0 Å². The van der Waals surface area contributed by atoms with Crippen LogP contribution in [0.5, 0.6) is 0 Å². The Kier molecular flexibility index (Phi) is 3.41. The van der Waals surface area contributed by atoms with E-state index in [9.17, 15) is 10.0 Å². The lowest BCUT2D eigenvalue weighted by molar-refractivity contribution is 0.0330. The minimum absolute atomic E-state index is 0.243. The molecule has 2 rings (SSSR count). The van der Waals surface area contributed by atoms with Gasteiger partial charge in [0.25, 0.3) is 0 Å². The normalized spacial score (nSPS) is 26.7. The third-order valence-electron chi connectivity index (χ3n) is 3.42. The minimum Gasteiger partial charge on any atom is -0.617 e. The van der Waals surface area contributed by atoms with E-state index in [0.717, 1.165) is 5.56 Å². The van der Waals surface area contributed by atoms with Crippen LogP contribution in [-0.2, 0) is 4.74 Å². The fraction of sp³-hybridized carbons (Fsp3) is 0.533. The number of para-hydroxylation sites is 1. The second-order valence-electron chi connectivity index (χ2n) is 6.19. The van der Waals surface area contributed by atoms with Crippen molar-refractivity contribution in [3.05, 3.63) is 35.0 Å². The van der Waals surface area contributed by atoms with Crippen molar-refractivity contribution < 1.29 is 9.53 Å². The van der Waals surface area contributed by atoms with E-state index in [1.807, 2.05) is 12.1 Å². The summed E-state index contributed by atoms with van der Waals surface area (Å²) in [5, 5.41) is 12.9. The zero-order chi connectivity index (χ0) is 14.3. The van der Waals surface area contributed by atoms with Crippen LogP contribution in [0, 0.1) is 5.21 Å². The first-order valence-electron chi connectivity index (χ1n) is 6.66. The Morgan fingerprint density at radius 2 is 2.00 bits per heavy atom. The van der Waals surface area contributed by atoms with Crippen LogP contribution in [-0.4, -0.2) is 18.2 Å². The molecule has 0 bridgehead atoms. The second kappa shape index (κ2) is 4.62. The van der Waals surface area contributed by atoms with Gasteiger partial charge in [0.2, 0.25) is 0 Å². The molecule has 2 atom stereocenters. The highest BCUT2D eigenvalue weighted by Gasteiger charge is 2.41. The summed E-state index contributed by atoms with van der Waals surface area (Å²) in [4.78, 5) is 12.2. The molecule has 0 spiro atoms. The highest BCUT2D eigenvalue weighted by atomic mass is 16.7. The van der Waals surface area contributed by atoms with Gasteiger partial charge >= 0.3 is 6.09 Å². The van der Waals surface area contributed by atoms with E-state index in [0.29, 0.717) is 18.0 Å². The van der Waals surface area contributed by atoms with Gasteiger partial charge in [0.15, 0.2) is 0 Å². The number of rotatable bonds is 0. The molecule has 0 saturated heterocycles. The molecular weight excluding hydrogens is 242 g/mol. The molecule has 0 fully saturated rings. The number of hydrogen-bond acceptors (Lipinski definition) is 3. The van der Waals surface area contributed by atoms with E-state index < -0.39 is 16.3 Å². The van der Waals surface area contributed by atoms with E-state index >= 15 is 0 Å². The Balaban J connectivity index is 2.40. The van der Waals surface area contributed by atoms with Gasteiger partial charge in [0.1, 0.15) is 11.3 Å². The molecule has 1 amide bonds. The van der Waals surface area contributed by atoms with E-state index in [4.69, 9.17) is 4.74 Å². The number of ether oxygens (including phenoxy) is 1. The molecule has 19 heavy (non-hydrogen) atoms. The van der Waals surface area contributed by atoms with Gasteiger partial charge in [0.05, 0.1) is 6.54 Å². The molecule has 1 aliphatic rings. The summed E-state index contributed by atoms with van der Waals surface area (Å²) in [6.45, 7) is 7.64. The van der Waals surface area contributed by atoms with Crippen LogP contribution in [0.4, 0.5) is 10.5 Å². The van der Waals surface area contributed by atoms with Crippen molar-refractivity contribution in [2.45, 2.75) is 45.6 Å². The van der Waals surface area contributed by atoms with Gasteiger partial charge in [-0.05, 0) is 26.7 Å². The zero-order valence-corrected chi connectivity index (χ0v) is 12.0. The predicted octanol–water partition coefficient (Wildman–Crippen LogP) is 3.93. The van der Waals surface area contributed by atoms with E-state index in [1.165, 1.54) is 0 Å². The Morgan fingerprint density at radius 1 is 1.37 bits per heavy atom. The Morgan fingerprint density at radius 3 is 2.63 bits per heavy atom. The third kappa shape index (κ3) is 2.65. The number of hydroxylamine groups is 2. The average Bonchev–Trinajstić information content (AvgIpc) is 2.32. The highest BCUT2D eigenvalue weighted by molar-refractivity contribution is 5.85. The number of amides is 1. The van der Waals surface area contributed by atoms with Crippen molar-refractivity contribution in [2.75, 3.05) is 6.54 Å². The Hall–Kier alpha value is -1.39. The van der Waals surface area contributed by atoms with Crippen LogP contribution >= 0.6 is 0 Å². The third-order valence-corrected chi connectivity index (χ3v) is 3.42. The van der Waals surface area contributed by atoms with Crippen LogP contribution < -0.4 is 4.65 Å². The number of nitrogens with zero attached hydrogens (tertiary/aromatic N) is 1. The minimum atomic E-state index is -1.00. The molecule has 0 N–H and O–H groups in total. The first kappa shape index (κ1) is 14.0. The van der Waals surface area contributed by atoms with Gasteiger partial charge in [0, 0.05) is 18.1 Å². The number of benzene rings is 1. The topological polar surface area (TPSA) is 49.4 Å². The van der Waals surface area contributed by atoms with Crippen LogP contribution in [0.1, 0.15) is 45.6 Å². The largest absolute Gasteiger partial charge is 0.617 e. The molecular formula is C15H21NO3. The molecule has 4 heteroatoms. The first-order chi connectivity index (χ1) is 8.74. The first-order valence-corrected chi connectivity index (χ1v) is 6.66. The molecule has 0 aliphatic carbocycles. The summed E-state index contributed by atoms with van der Waals surface area (Å²) in [5.41, 5.74) is 0.829. The molecule has 2 unspecified atom stereocenters. The monoisotopic (exact) mass is 263 g/mol. The zero-order valence-electron chi connectivity index (χ0n) is 12.0. The summed E-state index contributed by atoms with van der Waals surface area (Å²) in [7, 11) is 0. The maximum atomic E-state index is 12.9. The van der Waals surface area contributed by atoms with Crippen LogP contribution in [0.25, 0.3) is 0 Å². The fourth-order valence-electron chi connectivity index (χ4n) is 2.41. The van der Waals surface area contributed by atoms with Gasteiger partial charge in [-0.1, -0.05) is 25.1 Å². The summed E-state index contributed by atoms with van der Waals surface area (Å²) in [6.07, 6.45) is -0.0217. The van der Waals surface area contributed by atoms with Gasteiger partial charge in [-0.2, -0.15) is 4.79 Å². The molecule has 104 valence electrons. The molecule has 0 radical (unpaired) electrons. The number of quaternary nitrogens is 1. The standard InChI is InChI=1S/C15H21NO3/c1-11-9-10-16(18,14(17)19-15(2,3)4)13-8-6-5-7-12(11)13/h5-8,11H,9-10H2,1-4H3. The molecule has 1 aliphatic heterocycles. The quantitative estimate of drug-likeness (QED) is 0.526. The highest BCUT2D eigenvalue weighted by Crippen LogP contribution is 2.39. The molecule has 1 aromatic rings. The van der Waals surface area contributed by atoms with Crippen LogP contribution in [0.15, 0.2) is 24.3 Å². The lowest BCUT2D eigenvalue weighted by Crippen LogP contribution is -2.54. The lowest BCUT2D eigenvalue weighted by atomic mass is 9.91. The van der Waals surface area contributed by atoms with Crippen molar-refractivity contribution in [3.63, 3.8) is 0 Å². The maximum Gasteiger partial charge on any atom is 0.521 e. The van der Waals surface area contributed by atoms with E-state index in [-0.39, 0.29) is 6.54 Å². The summed E-state index contributed by atoms with van der Waals surface area (Å²) in [6, 6.07) is 7.36. The van der Waals surface area contributed by atoms with Gasteiger partial charge < -0.3 is 9.94 Å². The lowest BCUT2D eigenvalue weighted by Gasteiger charge is -2.44. The van der Waals surface area contributed by atoms with Gasteiger partial charge in [-0.3, -0.25) is 0 Å². The SMILES string of the molecule is CC1CC[N+]([O-])(C(=O)OC(C)(C)C)c2ccccc21. The Bertz CT molecular complexity index is 492. The van der Waals surface area contributed by atoms with Crippen molar-refractivity contribution in [3.8, 4) is 0 Å². The van der Waals surface area contributed by atoms with Crippen molar-refractivity contribution >= 4 is 11.8 Å². The van der Waals surface area contributed by atoms with Crippen LogP contribution in [0.2, 0.25) is 0 Å². The summed E-state index contributed by atoms with van der Waals surface area (Å²) < 4.78 is 4.29. The number of carbonyl (C=O) groups excluding carboxylic acids is 1. The number of carbonyl (C=O) groups is 1. The number of hydrogen-bond donors (Lipinski definition) is 0. The second-order valence-corrected chi connectivity index (χ2v) is 6.19. The molecule has 1 heterocycles. The van der Waals surface area contributed by atoms with Crippen LogP contribution in [0.3, 0.4) is 0 Å². The summed E-state index contributed by atoms with van der Waals surface area (Å²) >= 11 is 0. The number of fused-ring (bicyclic) bond motifs is 1. The molecule has 0 aromatic heterocycles. The fourth-order valence-corrected chi connectivity index (χ4v) is 2.41. The summed E-state index contributed by atoms with van der Waals surface area (Å²) in [5.74, 6) is 0.304. The Labute approximate surface area is 114 Å². The predicted molar refractivity (Wildman–Crippen MR) is 75.7 cm³/mol. The van der Waals surface area contributed by atoms with E-state index in [2.05, 4.69) is 6.92 Å². The molecule has 0 saturated carbocycles. The van der Waals surface area contributed by atoms with Crippen molar-refractivity contribution in [1.82, 2.24) is 4.65 Å². The maximum absolute atomic E-state index is 12.9. The van der Waals surface area contributed by atoms with E-state index in [1.54, 1.807) is 32.9 Å². The molecule has 4 nitrogen and oxygen atoms in total. The van der Waals surface area contributed by atoms with Gasteiger partial charge in [-0.15, -0.1) is 0 Å².